The quantitative estimate of drug-likeness (QED) is 0.144. The van der Waals surface area contributed by atoms with Crippen molar-refractivity contribution in [2.75, 3.05) is 6.54 Å². The fraction of sp³-hybridized carbons (Fsp3) is 0.410. The van der Waals surface area contributed by atoms with Crippen LogP contribution in [0, 0.1) is 5.41 Å². The molecule has 4 N–H and O–H groups in total. The van der Waals surface area contributed by atoms with Crippen LogP contribution in [0.1, 0.15) is 94.0 Å². The molecular weight excluding hydrogens is 634 g/mol. The lowest BCUT2D eigenvalue weighted by atomic mass is 9.85. The highest BCUT2D eigenvalue weighted by Crippen LogP contribution is 2.32. The Labute approximate surface area is 294 Å². The number of rotatable bonds is 10. The number of hydrogen-bond acceptors (Lipinski definition) is 7. The number of carbonyl (C=O) groups is 4. The minimum atomic E-state index is -0.865. The molecule has 3 aromatic rings. The third-order valence-corrected chi connectivity index (χ3v) is 8.51. The van der Waals surface area contributed by atoms with Crippen LogP contribution in [0.15, 0.2) is 78.9 Å². The van der Waals surface area contributed by atoms with E-state index in [1.807, 2.05) is 54.6 Å². The summed E-state index contributed by atoms with van der Waals surface area (Å²) in [5.74, 6) is -0.439. The molecule has 0 spiro atoms. The highest BCUT2D eigenvalue weighted by Gasteiger charge is 2.39. The smallest absolute Gasteiger partial charge is 0.413 e. The summed E-state index contributed by atoms with van der Waals surface area (Å²) in [6.07, 6.45) is -0.191. The van der Waals surface area contributed by atoms with Crippen molar-refractivity contribution in [1.82, 2.24) is 20.9 Å². The zero-order valence-electron chi connectivity index (χ0n) is 29.7. The SMILES string of the molecule is CC(C)c1ccc(COC(=O)NC(=N)c2ccc(CNC(=O)[C@H](C)NC(=O)[C@H]3C[C@@H](c4ccccc4)CCN3C(=O)OC(C)(C)C)cc2)cc1. The molecule has 0 saturated carbocycles. The molecule has 0 radical (unpaired) electrons. The maximum atomic E-state index is 13.6. The van der Waals surface area contributed by atoms with Gasteiger partial charge in [-0.3, -0.25) is 25.2 Å². The summed E-state index contributed by atoms with van der Waals surface area (Å²) >= 11 is 0. The lowest BCUT2D eigenvalue weighted by molar-refractivity contribution is -0.132. The van der Waals surface area contributed by atoms with Crippen molar-refractivity contribution in [1.29, 1.82) is 5.41 Å². The normalized spacial score (nSPS) is 16.6. The Morgan fingerprint density at radius 2 is 1.54 bits per heavy atom. The molecule has 266 valence electrons. The fourth-order valence-electron chi connectivity index (χ4n) is 5.65. The molecular formula is C39H49N5O6. The predicted octanol–water partition coefficient (Wildman–Crippen LogP) is 6.37. The van der Waals surface area contributed by atoms with Crippen molar-refractivity contribution < 1.29 is 28.7 Å². The van der Waals surface area contributed by atoms with Crippen molar-refractivity contribution >= 4 is 29.8 Å². The molecule has 1 saturated heterocycles. The second kappa shape index (κ2) is 17.0. The van der Waals surface area contributed by atoms with Crippen molar-refractivity contribution in [2.24, 2.45) is 0 Å². The van der Waals surface area contributed by atoms with E-state index in [1.54, 1.807) is 52.0 Å². The molecule has 50 heavy (non-hydrogen) atoms. The second-order valence-corrected chi connectivity index (χ2v) is 13.9. The van der Waals surface area contributed by atoms with E-state index in [-0.39, 0.29) is 24.9 Å². The number of nitrogens with one attached hydrogen (secondary N) is 4. The number of piperidine rings is 1. The van der Waals surface area contributed by atoms with E-state index >= 15 is 0 Å². The van der Waals surface area contributed by atoms with Gasteiger partial charge in [0.15, 0.2) is 0 Å². The summed E-state index contributed by atoms with van der Waals surface area (Å²) in [7, 11) is 0. The first-order valence-corrected chi connectivity index (χ1v) is 17.0. The predicted molar refractivity (Wildman–Crippen MR) is 192 cm³/mol. The maximum Gasteiger partial charge on any atom is 0.413 e. The van der Waals surface area contributed by atoms with E-state index in [9.17, 15) is 19.2 Å². The van der Waals surface area contributed by atoms with Gasteiger partial charge >= 0.3 is 12.2 Å². The number of alkyl carbamates (subject to hydrolysis) is 1. The molecule has 0 aliphatic carbocycles. The van der Waals surface area contributed by atoms with Crippen LogP contribution in [0.25, 0.3) is 0 Å². The lowest BCUT2D eigenvalue weighted by Crippen LogP contribution is -2.57. The molecule has 3 atom stereocenters. The highest BCUT2D eigenvalue weighted by atomic mass is 16.6. The number of nitrogens with zero attached hydrogens (tertiary/aromatic N) is 1. The number of hydrogen-bond donors (Lipinski definition) is 4. The molecule has 4 rings (SSSR count). The summed E-state index contributed by atoms with van der Waals surface area (Å²) in [4.78, 5) is 53.4. The van der Waals surface area contributed by atoms with Gasteiger partial charge in [-0.2, -0.15) is 0 Å². The summed E-state index contributed by atoms with van der Waals surface area (Å²) in [6.45, 7) is 11.8. The van der Waals surface area contributed by atoms with Gasteiger partial charge in [0.25, 0.3) is 0 Å². The molecule has 0 unspecified atom stereocenters. The van der Waals surface area contributed by atoms with Crippen molar-refractivity contribution in [3.05, 3.63) is 107 Å². The molecule has 1 heterocycles. The van der Waals surface area contributed by atoms with E-state index in [4.69, 9.17) is 14.9 Å². The molecule has 0 aromatic heterocycles. The van der Waals surface area contributed by atoms with E-state index in [0.717, 1.165) is 16.7 Å². The third kappa shape index (κ3) is 10.9. The van der Waals surface area contributed by atoms with Crippen LogP contribution in [0.5, 0.6) is 0 Å². The molecule has 1 aliphatic rings. The second-order valence-electron chi connectivity index (χ2n) is 13.9. The Kier molecular flexibility index (Phi) is 12.8. The molecule has 1 aliphatic heterocycles. The summed E-state index contributed by atoms with van der Waals surface area (Å²) in [5, 5.41) is 16.3. The maximum absolute atomic E-state index is 13.6. The Balaban J connectivity index is 1.27. The first-order chi connectivity index (χ1) is 23.7. The molecule has 3 aromatic carbocycles. The minimum Gasteiger partial charge on any atom is -0.444 e. The summed E-state index contributed by atoms with van der Waals surface area (Å²) in [5.41, 5.74) is 3.66. The Morgan fingerprint density at radius 3 is 2.16 bits per heavy atom. The van der Waals surface area contributed by atoms with Crippen LogP contribution in [0.3, 0.4) is 0 Å². The molecule has 0 bridgehead atoms. The van der Waals surface area contributed by atoms with Gasteiger partial charge in [-0.25, -0.2) is 9.59 Å². The monoisotopic (exact) mass is 683 g/mol. The zero-order valence-corrected chi connectivity index (χ0v) is 29.7. The number of carbonyl (C=O) groups excluding carboxylic acids is 4. The molecule has 11 nitrogen and oxygen atoms in total. The first-order valence-electron chi connectivity index (χ1n) is 17.0. The third-order valence-electron chi connectivity index (χ3n) is 8.51. The molecule has 11 heteroatoms. The van der Waals surface area contributed by atoms with Crippen LogP contribution in [0.2, 0.25) is 0 Å². The fourth-order valence-corrected chi connectivity index (χ4v) is 5.65. The van der Waals surface area contributed by atoms with Gasteiger partial charge < -0.3 is 20.1 Å². The van der Waals surface area contributed by atoms with E-state index in [0.29, 0.717) is 30.9 Å². The summed E-state index contributed by atoms with van der Waals surface area (Å²) < 4.78 is 10.9. The van der Waals surface area contributed by atoms with Gasteiger partial charge in [0, 0.05) is 18.7 Å². The topological polar surface area (TPSA) is 150 Å². The number of likely N-dealkylation sites (tertiary alicyclic amines) is 1. The zero-order chi connectivity index (χ0) is 36.4. The summed E-state index contributed by atoms with van der Waals surface area (Å²) in [6, 6.07) is 22.9. The Bertz CT molecular complexity index is 1630. The van der Waals surface area contributed by atoms with Crippen LogP contribution in [0.4, 0.5) is 9.59 Å². The average molecular weight is 684 g/mol. The van der Waals surface area contributed by atoms with Gasteiger partial charge in [-0.15, -0.1) is 0 Å². The highest BCUT2D eigenvalue weighted by molar-refractivity contribution is 6.04. The average Bonchev–Trinajstić information content (AvgIpc) is 3.09. The molecule has 1 fully saturated rings. The van der Waals surface area contributed by atoms with Crippen LogP contribution in [-0.4, -0.2) is 59.0 Å². The van der Waals surface area contributed by atoms with Crippen LogP contribution >= 0.6 is 0 Å². The standard InChI is InChI=1S/C39H49N5O6/c1-25(2)29-16-14-28(15-17-29)24-49-37(47)43-34(40)31-18-12-27(13-19-31)23-41-35(45)26(3)42-36(46)33-22-32(30-10-8-7-9-11-30)20-21-44(33)38(48)50-39(4,5)6/h7-19,25-26,32-33H,20-24H2,1-6H3,(H,41,45)(H,42,46)(H2,40,43,47)/t26-,32-,33+/m0/s1. The minimum absolute atomic E-state index is 0.0765. The largest absolute Gasteiger partial charge is 0.444 e. The Morgan fingerprint density at radius 1 is 0.900 bits per heavy atom. The van der Waals surface area contributed by atoms with E-state index in [2.05, 4.69) is 29.8 Å². The van der Waals surface area contributed by atoms with Crippen molar-refractivity contribution in [2.45, 2.75) is 97.1 Å². The first kappa shape index (κ1) is 37.6. The number of ether oxygens (including phenoxy) is 2. The molecule has 4 amide bonds. The lowest BCUT2D eigenvalue weighted by Gasteiger charge is -2.39. The number of amides is 4. The van der Waals surface area contributed by atoms with E-state index in [1.165, 1.54) is 10.5 Å². The van der Waals surface area contributed by atoms with Gasteiger partial charge in [-0.1, -0.05) is 92.7 Å². The Hall–Kier alpha value is -5.19. The van der Waals surface area contributed by atoms with Gasteiger partial charge in [0.05, 0.1) is 0 Å². The van der Waals surface area contributed by atoms with E-state index < -0.39 is 41.7 Å². The number of benzene rings is 3. The van der Waals surface area contributed by atoms with Gasteiger partial charge in [0.2, 0.25) is 11.8 Å². The van der Waals surface area contributed by atoms with Gasteiger partial charge in [-0.05, 0) is 74.6 Å². The van der Waals surface area contributed by atoms with Gasteiger partial charge in [0.1, 0.15) is 30.1 Å². The van der Waals surface area contributed by atoms with Crippen LogP contribution < -0.4 is 16.0 Å². The van der Waals surface area contributed by atoms with Crippen molar-refractivity contribution in [3.8, 4) is 0 Å². The van der Waals surface area contributed by atoms with Crippen LogP contribution in [-0.2, 0) is 32.2 Å². The number of amidine groups is 1. The van der Waals surface area contributed by atoms with Crippen molar-refractivity contribution in [3.63, 3.8) is 0 Å².